The van der Waals surface area contributed by atoms with Gasteiger partial charge in [0.05, 0.1) is 17.1 Å². The number of benzene rings is 4. The number of hydrogen-bond donors (Lipinski definition) is 5. The van der Waals surface area contributed by atoms with Crippen molar-refractivity contribution in [1.82, 2.24) is 10.6 Å². The number of aromatic carboxylic acids is 1. The zero-order valence-corrected chi connectivity index (χ0v) is 30.4. The number of nitrogens with one attached hydrogen (secondary N) is 2. The third-order valence-electron chi connectivity index (χ3n) is 8.22. The summed E-state index contributed by atoms with van der Waals surface area (Å²) in [6.07, 6.45) is 1.47. The lowest BCUT2D eigenvalue weighted by molar-refractivity contribution is -0.146. The Hall–Kier alpha value is -5.58. The standard InChI is InChI=1S/C37H34BrN3O11S/c38-15-3-17-51-37(48)30(4-1-2-16-40-34(44)21-5-10-25(11-6-21)53(39,49)50)41-35(45)22-7-12-26(29(18-22)36(46)47)33-27-13-8-23(42)19-31(27)52-32-20-24(43)9-14-28(32)33/h5-14,18-20,30,42H,1-4,15-17H2,(H,40,44)(H,41,45)(H,46,47)(H2,39,49,50). The van der Waals surface area contributed by atoms with Gasteiger partial charge in [-0.15, -0.1) is 0 Å². The van der Waals surface area contributed by atoms with Crippen molar-refractivity contribution in [3.8, 4) is 28.2 Å². The van der Waals surface area contributed by atoms with E-state index >= 15 is 0 Å². The predicted octanol–water partition coefficient (Wildman–Crippen LogP) is 4.64. The number of amides is 2. The molecule has 0 saturated heterocycles. The van der Waals surface area contributed by atoms with Gasteiger partial charge in [0.25, 0.3) is 11.8 Å². The predicted molar refractivity (Wildman–Crippen MR) is 198 cm³/mol. The Morgan fingerprint density at radius 1 is 0.868 bits per heavy atom. The van der Waals surface area contributed by atoms with Crippen LogP contribution >= 0.6 is 15.9 Å². The van der Waals surface area contributed by atoms with Gasteiger partial charge < -0.3 is 30.0 Å². The van der Waals surface area contributed by atoms with Gasteiger partial charge in [0, 0.05) is 51.6 Å². The maximum Gasteiger partial charge on any atom is 0.336 e. The molecular formula is C37H34BrN3O11S. The normalized spacial score (nSPS) is 12.0. The van der Waals surface area contributed by atoms with E-state index in [0.29, 0.717) is 41.1 Å². The van der Waals surface area contributed by atoms with E-state index in [0.717, 1.165) is 0 Å². The summed E-state index contributed by atoms with van der Waals surface area (Å²) in [6, 6.07) is 16.5. The van der Waals surface area contributed by atoms with Gasteiger partial charge >= 0.3 is 11.9 Å². The number of unbranched alkanes of at least 4 members (excludes halogenated alkanes) is 1. The molecule has 1 aliphatic carbocycles. The Bertz CT molecular complexity index is 2330. The highest BCUT2D eigenvalue weighted by Gasteiger charge is 2.26. The topological polar surface area (TPSA) is 232 Å². The molecule has 0 fully saturated rings. The molecule has 14 nitrogen and oxygen atoms in total. The molecule has 1 unspecified atom stereocenters. The fourth-order valence-corrected chi connectivity index (χ4v) is 6.37. The molecule has 276 valence electrons. The van der Waals surface area contributed by atoms with Crippen LogP contribution in [0, 0.1) is 0 Å². The van der Waals surface area contributed by atoms with Gasteiger partial charge in [0.15, 0.2) is 5.43 Å². The van der Waals surface area contributed by atoms with Crippen LogP contribution in [0.25, 0.3) is 33.4 Å². The number of carbonyl (C=O) groups excluding carboxylic acids is 3. The summed E-state index contributed by atoms with van der Waals surface area (Å²) >= 11 is 3.27. The van der Waals surface area contributed by atoms with Crippen LogP contribution in [0.2, 0.25) is 0 Å². The molecule has 1 atom stereocenters. The molecule has 2 aliphatic rings. The maximum absolute atomic E-state index is 13.5. The Labute approximate surface area is 311 Å². The van der Waals surface area contributed by atoms with E-state index in [1.54, 1.807) is 6.07 Å². The van der Waals surface area contributed by atoms with Gasteiger partial charge in [0.1, 0.15) is 23.1 Å². The lowest BCUT2D eigenvalue weighted by atomic mass is 9.89. The first kappa shape index (κ1) is 38.6. The summed E-state index contributed by atoms with van der Waals surface area (Å²) in [7, 11) is -3.90. The number of aromatic hydroxyl groups is 1. The second-order valence-corrected chi connectivity index (χ2v) is 14.3. The molecule has 0 aromatic heterocycles. The first-order chi connectivity index (χ1) is 25.3. The Balaban J connectivity index is 1.33. The van der Waals surface area contributed by atoms with Crippen LogP contribution in [0.3, 0.4) is 0 Å². The molecular weight excluding hydrogens is 774 g/mol. The SMILES string of the molecule is NS(=O)(=O)c1ccc(C(=O)NCCCCC(NC(=O)c2ccc(-c3c4ccc(=O)cc-4oc4cc(O)ccc34)c(C(=O)O)c2)C(=O)OCCCBr)cc1. The lowest BCUT2D eigenvalue weighted by Gasteiger charge is -2.19. The van der Waals surface area contributed by atoms with Crippen molar-refractivity contribution in [3.05, 3.63) is 106 Å². The van der Waals surface area contributed by atoms with Crippen LogP contribution in [0.1, 0.15) is 56.8 Å². The molecule has 0 spiro atoms. The van der Waals surface area contributed by atoms with E-state index < -0.39 is 39.8 Å². The van der Waals surface area contributed by atoms with E-state index in [4.69, 9.17) is 14.3 Å². The summed E-state index contributed by atoms with van der Waals surface area (Å²) < 4.78 is 34.1. The van der Waals surface area contributed by atoms with E-state index in [1.807, 2.05) is 0 Å². The van der Waals surface area contributed by atoms with Crippen LogP contribution in [0.4, 0.5) is 0 Å². The maximum atomic E-state index is 13.5. The zero-order valence-electron chi connectivity index (χ0n) is 28.0. The molecule has 5 rings (SSSR count). The van der Waals surface area contributed by atoms with E-state index in [-0.39, 0.29) is 69.2 Å². The highest BCUT2D eigenvalue weighted by Crippen LogP contribution is 2.42. The third kappa shape index (κ3) is 9.46. The van der Waals surface area contributed by atoms with Gasteiger partial charge in [-0.2, -0.15) is 0 Å². The molecule has 3 aromatic rings. The minimum Gasteiger partial charge on any atom is -0.508 e. The van der Waals surface area contributed by atoms with Crippen molar-refractivity contribution in [2.75, 3.05) is 18.5 Å². The molecule has 0 bridgehead atoms. The van der Waals surface area contributed by atoms with Crippen LogP contribution in [-0.2, 0) is 19.6 Å². The molecule has 1 aliphatic heterocycles. The van der Waals surface area contributed by atoms with Gasteiger partial charge in [0.2, 0.25) is 10.0 Å². The van der Waals surface area contributed by atoms with Crippen molar-refractivity contribution < 1.29 is 47.0 Å². The molecule has 2 amide bonds. The molecule has 3 aromatic carbocycles. The Morgan fingerprint density at radius 3 is 2.28 bits per heavy atom. The van der Waals surface area contributed by atoms with Gasteiger partial charge in [-0.05, 0) is 91.9 Å². The van der Waals surface area contributed by atoms with Crippen LogP contribution in [0.15, 0.2) is 93.0 Å². The second-order valence-electron chi connectivity index (χ2n) is 11.9. The summed E-state index contributed by atoms with van der Waals surface area (Å²) in [5, 5.41) is 31.9. The van der Waals surface area contributed by atoms with Crippen LogP contribution < -0.4 is 21.2 Å². The summed E-state index contributed by atoms with van der Waals surface area (Å²) in [5.41, 5.74) is 0.877. The number of alkyl halides is 1. The lowest BCUT2D eigenvalue weighted by Crippen LogP contribution is -2.42. The van der Waals surface area contributed by atoms with Gasteiger partial charge in [-0.1, -0.05) is 22.0 Å². The molecule has 53 heavy (non-hydrogen) atoms. The number of esters is 1. The number of hydrogen-bond acceptors (Lipinski definition) is 10. The zero-order chi connectivity index (χ0) is 38.3. The van der Waals surface area contributed by atoms with Crippen LogP contribution in [0.5, 0.6) is 5.75 Å². The highest BCUT2D eigenvalue weighted by molar-refractivity contribution is 9.09. The van der Waals surface area contributed by atoms with E-state index in [1.165, 1.54) is 72.8 Å². The number of carbonyl (C=O) groups is 4. The third-order valence-corrected chi connectivity index (χ3v) is 9.71. The second kappa shape index (κ2) is 16.8. The Morgan fingerprint density at radius 2 is 1.58 bits per heavy atom. The number of carboxylic acid groups (broad SMARTS) is 1. The number of ether oxygens (including phenoxy) is 1. The fourth-order valence-electron chi connectivity index (χ4n) is 5.62. The number of phenols is 1. The molecule has 1 heterocycles. The first-order valence-electron chi connectivity index (χ1n) is 16.3. The number of primary sulfonamides is 1. The van der Waals surface area contributed by atoms with Crippen molar-refractivity contribution in [2.45, 2.75) is 36.6 Å². The largest absolute Gasteiger partial charge is 0.508 e. The monoisotopic (exact) mass is 807 g/mol. The fraction of sp³-hybridized carbons (Fsp3) is 0.216. The van der Waals surface area contributed by atoms with Gasteiger partial charge in [-0.25, -0.2) is 23.1 Å². The number of halogens is 1. The van der Waals surface area contributed by atoms with Crippen molar-refractivity contribution in [3.63, 3.8) is 0 Å². The highest BCUT2D eigenvalue weighted by atomic mass is 79.9. The summed E-state index contributed by atoms with van der Waals surface area (Å²) in [4.78, 5) is 63.7. The minimum atomic E-state index is -3.90. The average molecular weight is 809 g/mol. The van der Waals surface area contributed by atoms with E-state index in [9.17, 15) is 42.6 Å². The Kier molecular flexibility index (Phi) is 12.3. The number of fused-ring (bicyclic) bond motifs is 2. The van der Waals surface area contributed by atoms with Crippen molar-refractivity contribution in [1.29, 1.82) is 0 Å². The number of rotatable bonds is 15. The number of carboxylic acids is 1. The van der Waals surface area contributed by atoms with E-state index in [2.05, 4.69) is 26.6 Å². The number of nitrogens with two attached hydrogens (primary N) is 1. The smallest absolute Gasteiger partial charge is 0.336 e. The molecule has 0 radical (unpaired) electrons. The number of phenolic OH excluding ortho intramolecular Hbond substituents is 1. The van der Waals surface area contributed by atoms with Crippen molar-refractivity contribution >= 4 is 60.7 Å². The van der Waals surface area contributed by atoms with Crippen LogP contribution in [-0.4, -0.2) is 66.9 Å². The minimum absolute atomic E-state index is 0.0427. The number of sulfonamides is 1. The van der Waals surface area contributed by atoms with Crippen molar-refractivity contribution in [2.24, 2.45) is 5.14 Å². The summed E-state index contributed by atoms with van der Waals surface area (Å²) in [6.45, 7) is 0.315. The molecule has 0 saturated carbocycles. The summed E-state index contributed by atoms with van der Waals surface area (Å²) in [5.74, 6) is -3.12. The molecule has 6 N–H and O–H groups in total. The first-order valence-corrected chi connectivity index (χ1v) is 19.0. The average Bonchev–Trinajstić information content (AvgIpc) is 3.12. The van der Waals surface area contributed by atoms with Gasteiger partial charge in [-0.3, -0.25) is 14.4 Å². The molecule has 16 heteroatoms. The quantitative estimate of drug-likeness (QED) is 0.0423.